The second-order valence-corrected chi connectivity index (χ2v) is 8.08. The van der Waals surface area contributed by atoms with Gasteiger partial charge in [0.1, 0.15) is 0 Å². The molecule has 1 amide bonds. The van der Waals surface area contributed by atoms with Crippen molar-refractivity contribution in [3.8, 4) is 0 Å². The molecule has 0 spiro atoms. The van der Waals surface area contributed by atoms with Crippen LogP contribution in [0.1, 0.15) is 28.7 Å². The highest BCUT2D eigenvalue weighted by Crippen LogP contribution is 2.32. The third-order valence-corrected chi connectivity index (χ3v) is 5.19. The van der Waals surface area contributed by atoms with Crippen LogP contribution in [-0.2, 0) is 6.54 Å². The van der Waals surface area contributed by atoms with E-state index >= 15 is 0 Å². The summed E-state index contributed by atoms with van der Waals surface area (Å²) < 4.78 is 1.79. The Labute approximate surface area is 139 Å². The average molecular weight is 418 g/mol. The Hall–Kier alpha value is -0.720. The number of pyridine rings is 1. The topological polar surface area (TPSA) is 33.2 Å². The number of aromatic nitrogens is 1. The number of halogens is 2. The third kappa shape index (κ3) is 3.68. The van der Waals surface area contributed by atoms with Crippen LogP contribution in [-0.4, -0.2) is 22.3 Å². The summed E-state index contributed by atoms with van der Waals surface area (Å²) in [6.07, 6.45) is 0. The minimum atomic E-state index is 0.0182. The molecule has 0 bridgehead atoms. The first-order valence-electron chi connectivity index (χ1n) is 6.18. The van der Waals surface area contributed by atoms with Gasteiger partial charge in [0.05, 0.1) is 25.4 Å². The molecule has 0 fully saturated rings. The van der Waals surface area contributed by atoms with E-state index in [0.29, 0.717) is 18.7 Å². The highest BCUT2D eigenvalue weighted by Gasteiger charge is 2.19. The van der Waals surface area contributed by atoms with Crippen LogP contribution < -0.4 is 0 Å². The van der Waals surface area contributed by atoms with Crippen molar-refractivity contribution in [1.29, 1.82) is 0 Å². The SMILES string of the molecule is CCN(Cc1cccc(C)n1)C(=O)c1cc(Br)sc1Br. The fourth-order valence-electron chi connectivity index (χ4n) is 1.87. The standard InChI is InChI=1S/C14H14Br2N2OS/c1-3-18(8-10-6-4-5-9(2)17-10)14(19)11-7-12(15)20-13(11)16/h4-7H,3,8H2,1-2H3. The summed E-state index contributed by atoms with van der Waals surface area (Å²) >= 11 is 8.35. The van der Waals surface area contributed by atoms with Gasteiger partial charge in [-0.3, -0.25) is 9.78 Å². The summed E-state index contributed by atoms with van der Waals surface area (Å²) in [5.74, 6) is 0.0182. The maximum absolute atomic E-state index is 12.6. The number of aryl methyl sites for hydroxylation is 1. The minimum absolute atomic E-state index is 0.0182. The van der Waals surface area contributed by atoms with Gasteiger partial charge in [-0.25, -0.2) is 0 Å². The van der Waals surface area contributed by atoms with E-state index < -0.39 is 0 Å². The van der Waals surface area contributed by atoms with Crippen molar-refractivity contribution < 1.29 is 4.79 Å². The molecule has 2 heterocycles. The molecule has 20 heavy (non-hydrogen) atoms. The number of hydrogen-bond acceptors (Lipinski definition) is 3. The molecule has 2 rings (SSSR count). The van der Waals surface area contributed by atoms with E-state index in [4.69, 9.17) is 0 Å². The lowest BCUT2D eigenvalue weighted by Gasteiger charge is -2.20. The zero-order valence-electron chi connectivity index (χ0n) is 11.2. The predicted octanol–water partition coefficient (Wildman–Crippen LogP) is 4.64. The van der Waals surface area contributed by atoms with E-state index in [0.717, 1.165) is 19.0 Å². The summed E-state index contributed by atoms with van der Waals surface area (Å²) in [5, 5.41) is 0. The van der Waals surface area contributed by atoms with Crippen LogP contribution in [0.15, 0.2) is 31.8 Å². The van der Waals surface area contributed by atoms with Crippen molar-refractivity contribution in [3.63, 3.8) is 0 Å². The van der Waals surface area contributed by atoms with Crippen molar-refractivity contribution >= 4 is 49.1 Å². The molecule has 0 unspecified atom stereocenters. The maximum atomic E-state index is 12.6. The fraction of sp³-hybridized carbons (Fsp3) is 0.286. The van der Waals surface area contributed by atoms with Gasteiger partial charge in [0, 0.05) is 12.2 Å². The van der Waals surface area contributed by atoms with Gasteiger partial charge in [-0.15, -0.1) is 11.3 Å². The molecule has 0 N–H and O–H groups in total. The van der Waals surface area contributed by atoms with E-state index in [1.165, 1.54) is 11.3 Å². The van der Waals surface area contributed by atoms with Crippen LogP contribution in [0.5, 0.6) is 0 Å². The minimum Gasteiger partial charge on any atom is -0.333 e. The molecule has 0 aliphatic heterocycles. The summed E-state index contributed by atoms with van der Waals surface area (Å²) in [7, 11) is 0. The molecule has 0 saturated heterocycles. The highest BCUT2D eigenvalue weighted by molar-refractivity contribution is 9.12. The van der Waals surface area contributed by atoms with Gasteiger partial charge >= 0.3 is 0 Å². The van der Waals surface area contributed by atoms with Crippen molar-refractivity contribution in [2.24, 2.45) is 0 Å². The molecule has 6 heteroatoms. The smallest absolute Gasteiger partial charge is 0.256 e. The normalized spacial score (nSPS) is 10.6. The first-order chi connectivity index (χ1) is 9.51. The molecule has 2 aromatic heterocycles. The summed E-state index contributed by atoms with van der Waals surface area (Å²) in [6, 6.07) is 7.71. The van der Waals surface area contributed by atoms with Gasteiger partial charge in [0.2, 0.25) is 0 Å². The van der Waals surface area contributed by atoms with Crippen molar-refractivity contribution in [3.05, 3.63) is 48.8 Å². The summed E-state index contributed by atoms with van der Waals surface area (Å²) in [6.45, 7) is 5.10. The number of carbonyl (C=O) groups is 1. The number of rotatable bonds is 4. The van der Waals surface area contributed by atoms with Gasteiger partial charge in [0.15, 0.2) is 0 Å². The quantitative estimate of drug-likeness (QED) is 0.725. The van der Waals surface area contributed by atoms with Crippen LogP contribution in [0.25, 0.3) is 0 Å². The first kappa shape index (κ1) is 15.7. The number of amides is 1. The van der Waals surface area contributed by atoms with Gasteiger partial charge in [-0.1, -0.05) is 6.07 Å². The van der Waals surface area contributed by atoms with Crippen molar-refractivity contribution in [2.45, 2.75) is 20.4 Å². The lowest BCUT2D eigenvalue weighted by Crippen LogP contribution is -2.30. The Kier molecular flexibility index (Phi) is 5.35. The number of thiophene rings is 1. The Morgan fingerprint density at radius 3 is 2.70 bits per heavy atom. The molecule has 0 atom stereocenters. The van der Waals surface area contributed by atoms with Crippen LogP contribution in [0.2, 0.25) is 0 Å². The van der Waals surface area contributed by atoms with Crippen LogP contribution in [0.3, 0.4) is 0 Å². The van der Waals surface area contributed by atoms with Gasteiger partial charge in [-0.05, 0) is 63.9 Å². The maximum Gasteiger partial charge on any atom is 0.256 e. The fourth-order valence-corrected chi connectivity index (χ4v) is 4.64. The molecule has 0 aromatic carbocycles. The lowest BCUT2D eigenvalue weighted by molar-refractivity contribution is 0.0750. The molecular formula is C14H14Br2N2OS. The largest absolute Gasteiger partial charge is 0.333 e. The Morgan fingerprint density at radius 1 is 1.40 bits per heavy atom. The highest BCUT2D eigenvalue weighted by atomic mass is 79.9. The zero-order chi connectivity index (χ0) is 14.7. The number of carbonyl (C=O) groups excluding carboxylic acids is 1. The second-order valence-electron chi connectivity index (χ2n) is 4.33. The zero-order valence-corrected chi connectivity index (χ0v) is 15.2. The predicted molar refractivity (Wildman–Crippen MR) is 89.1 cm³/mol. The van der Waals surface area contributed by atoms with Gasteiger partial charge in [0.25, 0.3) is 5.91 Å². The first-order valence-corrected chi connectivity index (χ1v) is 8.58. The monoisotopic (exact) mass is 416 g/mol. The average Bonchev–Trinajstić information content (AvgIpc) is 2.74. The van der Waals surface area contributed by atoms with E-state index in [2.05, 4.69) is 36.8 Å². The molecule has 0 aliphatic carbocycles. The Balaban J connectivity index is 2.20. The third-order valence-electron chi connectivity index (χ3n) is 2.85. The molecule has 0 radical (unpaired) electrons. The summed E-state index contributed by atoms with van der Waals surface area (Å²) in [5.41, 5.74) is 2.56. The Morgan fingerprint density at radius 2 is 2.15 bits per heavy atom. The van der Waals surface area contributed by atoms with E-state index in [-0.39, 0.29) is 5.91 Å². The molecule has 0 saturated carbocycles. The number of nitrogens with zero attached hydrogens (tertiary/aromatic N) is 2. The van der Waals surface area contributed by atoms with Gasteiger partial charge < -0.3 is 4.90 Å². The number of hydrogen-bond donors (Lipinski definition) is 0. The van der Waals surface area contributed by atoms with E-state index in [9.17, 15) is 4.79 Å². The Bertz CT molecular complexity index is 627. The van der Waals surface area contributed by atoms with Crippen LogP contribution in [0, 0.1) is 6.92 Å². The molecule has 106 valence electrons. The molecular weight excluding hydrogens is 404 g/mol. The second kappa shape index (κ2) is 6.83. The molecule has 2 aromatic rings. The van der Waals surface area contributed by atoms with E-state index in [1.54, 1.807) is 4.90 Å². The van der Waals surface area contributed by atoms with Crippen LogP contribution >= 0.6 is 43.2 Å². The molecule has 3 nitrogen and oxygen atoms in total. The summed E-state index contributed by atoms with van der Waals surface area (Å²) in [4.78, 5) is 18.8. The lowest BCUT2D eigenvalue weighted by atomic mass is 10.2. The van der Waals surface area contributed by atoms with Crippen molar-refractivity contribution in [2.75, 3.05) is 6.54 Å². The van der Waals surface area contributed by atoms with Crippen LogP contribution in [0.4, 0.5) is 0 Å². The van der Waals surface area contributed by atoms with Crippen molar-refractivity contribution in [1.82, 2.24) is 9.88 Å². The molecule has 0 aliphatic rings. The van der Waals surface area contributed by atoms with Gasteiger partial charge in [-0.2, -0.15) is 0 Å². The van der Waals surface area contributed by atoms with E-state index in [1.807, 2.05) is 38.1 Å².